The standard InChI is InChI=1S/C60H97NO13/c1-3-5-7-9-11-13-14-15-16-17-18-19-20-21-22-23-24-25-26-27-28-29-30-31-32-33-34-36-38-40-42-44-52(65)61-48(49(64)43-41-39-37-35-12-10-8-6-4-2)47-71-59-57(70)55(68)58(51(46-63)73-59)74-60-56(69)54(67)53(66)50(45-62)72-60/h5,7,11-13,15-16,18-19,21-22,24-25,27-28,30-31,35,41,43,48-51,53-60,62-64,66-70H,3-4,6,8-10,14,17,20,23,26,29,32-34,36-40,42,44-47H2,1-2H3,(H,61,65)/b7-5-,13-11-,16-15-,19-18-,22-21-,25-24-,28-27-,31-30-,35-12+,43-41+. The molecule has 2 aliphatic heterocycles. The number of ether oxygens (including phenoxy) is 4. The number of allylic oxidation sites excluding steroid dienone is 19. The molecule has 0 aliphatic carbocycles. The fourth-order valence-corrected chi connectivity index (χ4v) is 8.14. The number of amides is 1. The molecule has 12 atom stereocenters. The van der Waals surface area contributed by atoms with E-state index in [0.717, 1.165) is 116 Å². The van der Waals surface area contributed by atoms with Gasteiger partial charge in [-0.05, 0) is 96.3 Å². The average molecular weight is 1040 g/mol. The molecule has 2 aliphatic rings. The molecule has 420 valence electrons. The van der Waals surface area contributed by atoms with E-state index >= 15 is 0 Å². The molecule has 14 heteroatoms. The molecule has 2 fully saturated rings. The minimum Gasteiger partial charge on any atom is -0.394 e. The van der Waals surface area contributed by atoms with Crippen molar-refractivity contribution >= 4 is 5.91 Å². The van der Waals surface area contributed by atoms with Gasteiger partial charge in [0.2, 0.25) is 5.91 Å². The summed E-state index contributed by atoms with van der Waals surface area (Å²) in [5.41, 5.74) is 0. The topological polar surface area (TPSA) is 228 Å². The summed E-state index contributed by atoms with van der Waals surface area (Å²) in [5.74, 6) is -0.274. The lowest BCUT2D eigenvalue weighted by molar-refractivity contribution is -0.359. The maximum absolute atomic E-state index is 13.2. The lowest BCUT2D eigenvalue weighted by atomic mass is 9.97. The molecule has 0 aromatic heterocycles. The summed E-state index contributed by atoms with van der Waals surface area (Å²) in [4.78, 5) is 13.2. The molecule has 74 heavy (non-hydrogen) atoms. The minimum absolute atomic E-state index is 0.247. The Morgan fingerprint density at radius 3 is 1.49 bits per heavy atom. The van der Waals surface area contributed by atoms with Gasteiger partial charge < -0.3 is 65.1 Å². The van der Waals surface area contributed by atoms with Crippen molar-refractivity contribution in [2.45, 2.75) is 229 Å². The molecule has 0 spiro atoms. The summed E-state index contributed by atoms with van der Waals surface area (Å²) >= 11 is 0. The molecule has 2 saturated heterocycles. The van der Waals surface area contributed by atoms with Crippen LogP contribution in [0.15, 0.2) is 122 Å². The quantitative estimate of drug-likeness (QED) is 0.0207. The maximum Gasteiger partial charge on any atom is 0.220 e. The zero-order valence-electron chi connectivity index (χ0n) is 44.8. The first kappa shape index (κ1) is 66.5. The number of aliphatic hydroxyl groups excluding tert-OH is 8. The summed E-state index contributed by atoms with van der Waals surface area (Å²) in [6.45, 7) is 2.55. The third kappa shape index (κ3) is 30.2. The Morgan fingerprint density at radius 2 is 0.946 bits per heavy atom. The second kappa shape index (κ2) is 44.5. The maximum atomic E-state index is 13.2. The number of hydrogen-bond donors (Lipinski definition) is 9. The summed E-state index contributed by atoms with van der Waals surface area (Å²) < 4.78 is 22.6. The monoisotopic (exact) mass is 1040 g/mol. The second-order valence-electron chi connectivity index (χ2n) is 19.0. The minimum atomic E-state index is -1.80. The first-order valence-electron chi connectivity index (χ1n) is 27.8. The van der Waals surface area contributed by atoms with Gasteiger partial charge in [0.1, 0.15) is 48.8 Å². The number of hydrogen-bond acceptors (Lipinski definition) is 13. The summed E-state index contributed by atoms with van der Waals surface area (Å²) in [6, 6.07) is -0.946. The number of carbonyl (C=O) groups is 1. The van der Waals surface area contributed by atoms with E-state index in [4.69, 9.17) is 18.9 Å². The van der Waals surface area contributed by atoms with Gasteiger partial charge in [0.05, 0.1) is 32.0 Å². The number of nitrogens with one attached hydrogen (secondary N) is 1. The lowest BCUT2D eigenvalue weighted by Crippen LogP contribution is -2.65. The van der Waals surface area contributed by atoms with Crippen LogP contribution in [0.5, 0.6) is 0 Å². The SMILES string of the molecule is CC/C=C\C/C=C\C/C=C\C/C=C\C/C=C\C/C=C\C/C=C\C/C=C\CCCCCCCCC(=O)NC(COC1OC(CO)C(OC2OC(CO)C(O)C(O)C2O)C(O)C1O)C(O)/C=C/CC/C=C/CCCCC. The van der Waals surface area contributed by atoms with E-state index in [-0.39, 0.29) is 18.9 Å². The smallest absolute Gasteiger partial charge is 0.220 e. The highest BCUT2D eigenvalue weighted by Gasteiger charge is 2.51. The van der Waals surface area contributed by atoms with Crippen LogP contribution in [0.2, 0.25) is 0 Å². The van der Waals surface area contributed by atoms with Crippen molar-refractivity contribution in [3.63, 3.8) is 0 Å². The molecule has 2 rings (SSSR count). The van der Waals surface area contributed by atoms with Crippen LogP contribution in [-0.4, -0.2) is 140 Å². The van der Waals surface area contributed by atoms with Crippen molar-refractivity contribution in [2.75, 3.05) is 19.8 Å². The van der Waals surface area contributed by atoms with Crippen molar-refractivity contribution in [1.82, 2.24) is 5.32 Å². The molecule has 0 aromatic carbocycles. The third-order valence-corrected chi connectivity index (χ3v) is 12.6. The van der Waals surface area contributed by atoms with Crippen LogP contribution in [0, 0.1) is 0 Å². The summed E-state index contributed by atoms with van der Waals surface area (Å²) in [5, 5.41) is 86.6. The Morgan fingerprint density at radius 1 is 0.500 bits per heavy atom. The Hall–Kier alpha value is -3.61. The molecular weight excluding hydrogens is 943 g/mol. The van der Waals surface area contributed by atoms with Gasteiger partial charge in [-0.15, -0.1) is 0 Å². The number of carbonyl (C=O) groups excluding carboxylic acids is 1. The molecule has 0 radical (unpaired) electrons. The van der Waals surface area contributed by atoms with Gasteiger partial charge >= 0.3 is 0 Å². The molecule has 0 aromatic rings. The predicted molar refractivity (Wildman–Crippen MR) is 295 cm³/mol. The van der Waals surface area contributed by atoms with Gasteiger partial charge in [0.25, 0.3) is 0 Å². The molecule has 1 amide bonds. The van der Waals surface area contributed by atoms with Crippen LogP contribution >= 0.6 is 0 Å². The first-order chi connectivity index (χ1) is 36.1. The van der Waals surface area contributed by atoms with Gasteiger partial charge in [-0.25, -0.2) is 0 Å². The fraction of sp³-hybridized carbons (Fsp3) is 0.650. The van der Waals surface area contributed by atoms with Crippen LogP contribution in [0.25, 0.3) is 0 Å². The Labute approximate surface area is 444 Å². The van der Waals surface area contributed by atoms with E-state index in [1.807, 2.05) is 6.08 Å². The normalized spacial score (nSPS) is 26.2. The van der Waals surface area contributed by atoms with Crippen LogP contribution in [0.3, 0.4) is 0 Å². The molecule has 12 unspecified atom stereocenters. The first-order valence-corrected chi connectivity index (χ1v) is 27.8. The number of unbranched alkanes of at least 4 members (excludes halogenated alkanes) is 10. The molecule has 0 bridgehead atoms. The Balaban J connectivity index is 1.70. The van der Waals surface area contributed by atoms with Gasteiger partial charge in [0, 0.05) is 6.42 Å². The van der Waals surface area contributed by atoms with Gasteiger partial charge in [-0.2, -0.15) is 0 Å². The van der Waals surface area contributed by atoms with E-state index in [0.29, 0.717) is 12.8 Å². The van der Waals surface area contributed by atoms with Gasteiger partial charge in [-0.1, -0.05) is 174 Å². The summed E-state index contributed by atoms with van der Waals surface area (Å²) in [6.07, 6.45) is 46.9. The van der Waals surface area contributed by atoms with Crippen LogP contribution in [-0.2, 0) is 23.7 Å². The van der Waals surface area contributed by atoms with Gasteiger partial charge in [-0.3, -0.25) is 4.79 Å². The van der Waals surface area contributed by atoms with Crippen LogP contribution in [0.1, 0.15) is 155 Å². The predicted octanol–water partition coefficient (Wildman–Crippen LogP) is 8.66. The van der Waals surface area contributed by atoms with Crippen molar-refractivity contribution in [2.24, 2.45) is 0 Å². The van der Waals surface area contributed by atoms with Crippen molar-refractivity contribution < 1.29 is 64.6 Å². The van der Waals surface area contributed by atoms with E-state index in [2.05, 4.69) is 129 Å². The molecule has 14 nitrogen and oxygen atoms in total. The zero-order chi connectivity index (χ0) is 53.9. The van der Waals surface area contributed by atoms with Gasteiger partial charge in [0.15, 0.2) is 12.6 Å². The third-order valence-electron chi connectivity index (χ3n) is 12.6. The lowest BCUT2D eigenvalue weighted by Gasteiger charge is -2.46. The fourth-order valence-electron chi connectivity index (χ4n) is 8.14. The molecule has 0 saturated carbocycles. The Kier molecular flexibility index (Phi) is 40.0. The largest absolute Gasteiger partial charge is 0.394 e. The highest BCUT2D eigenvalue weighted by Crippen LogP contribution is 2.30. The highest BCUT2D eigenvalue weighted by molar-refractivity contribution is 5.76. The van der Waals surface area contributed by atoms with Crippen LogP contribution in [0.4, 0.5) is 0 Å². The van der Waals surface area contributed by atoms with Crippen molar-refractivity contribution in [3.8, 4) is 0 Å². The molecular formula is C60H97NO13. The summed E-state index contributed by atoms with van der Waals surface area (Å²) in [7, 11) is 0. The van der Waals surface area contributed by atoms with E-state index < -0.39 is 86.8 Å². The van der Waals surface area contributed by atoms with Crippen LogP contribution < -0.4 is 5.32 Å². The zero-order valence-corrected chi connectivity index (χ0v) is 44.8. The number of rotatable bonds is 41. The molecule has 9 N–H and O–H groups in total. The Bertz CT molecular complexity index is 1700. The van der Waals surface area contributed by atoms with E-state index in [1.54, 1.807) is 6.08 Å². The van der Waals surface area contributed by atoms with Crippen molar-refractivity contribution in [1.29, 1.82) is 0 Å². The molecule has 2 heterocycles. The van der Waals surface area contributed by atoms with E-state index in [1.165, 1.54) is 6.42 Å². The average Bonchev–Trinajstić information content (AvgIpc) is 3.40. The highest BCUT2D eigenvalue weighted by atomic mass is 16.7. The van der Waals surface area contributed by atoms with E-state index in [9.17, 15) is 45.6 Å². The second-order valence-corrected chi connectivity index (χ2v) is 19.0. The van der Waals surface area contributed by atoms with Crippen molar-refractivity contribution in [3.05, 3.63) is 122 Å². The number of aliphatic hydroxyl groups is 8.